The predicted octanol–water partition coefficient (Wildman–Crippen LogP) is 5.04. The van der Waals surface area contributed by atoms with E-state index in [1.165, 1.54) is 23.9 Å². The second kappa shape index (κ2) is 10.5. The van der Waals surface area contributed by atoms with Crippen LogP contribution in [0.25, 0.3) is 11.4 Å². The van der Waals surface area contributed by atoms with Gasteiger partial charge >= 0.3 is 0 Å². The van der Waals surface area contributed by atoms with E-state index in [1.54, 1.807) is 14.0 Å². The Morgan fingerprint density at radius 3 is 2.79 bits per heavy atom. The standard InChI is InChI=1S/C23H24ClFN4O3S/c1-14(22(30)26-20-10-7-16(25)12-19(20)24)33-23-28-27-21(15-5-8-17(31-2)9-6-15)29(23)13-18-4-3-11-32-18/h5-10,12,14,18H,3-4,11,13H2,1-2H3,(H,26,30)/t14-,18-/m1/s1. The third-order valence-electron chi connectivity index (χ3n) is 5.32. The summed E-state index contributed by atoms with van der Waals surface area (Å²) >= 11 is 7.33. The van der Waals surface area contributed by atoms with Crippen molar-refractivity contribution in [3.05, 3.63) is 53.3 Å². The van der Waals surface area contributed by atoms with Gasteiger partial charge in [-0.1, -0.05) is 23.4 Å². The van der Waals surface area contributed by atoms with Crippen LogP contribution in [0.15, 0.2) is 47.6 Å². The van der Waals surface area contributed by atoms with Crippen LogP contribution in [-0.4, -0.2) is 45.7 Å². The second-order valence-electron chi connectivity index (χ2n) is 7.65. The predicted molar refractivity (Wildman–Crippen MR) is 126 cm³/mol. The van der Waals surface area contributed by atoms with Gasteiger partial charge < -0.3 is 14.8 Å². The Balaban J connectivity index is 1.55. The SMILES string of the molecule is COc1ccc(-c2nnc(S[C@H](C)C(=O)Nc3ccc(F)cc3Cl)n2C[C@H]2CCCO2)cc1. The molecule has 174 valence electrons. The first-order valence-corrected chi connectivity index (χ1v) is 11.8. The van der Waals surface area contributed by atoms with Gasteiger partial charge in [0.15, 0.2) is 11.0 Å². The molecule has 0 saturated carbocycles. The van der Waals surface area contributed by atoms with E-state index >= 15 is 0 Å². The van der Waals surface area contributed by atoms with Gasteiger partial charge in [0.05, 0.1) is 35.7 Å². The van der Waals surface area contributed by atoms with Crippen molar-refractivity contribution in [2.75, 3.05) is 19.0 Å². The third-order valence-corrected chi connectivity index (χ3v) is 6.71. The minimum atomic E-state index is -0.498. The number of carbonyl (C=O) groups is 1. The quantitative estimate of drug-likeness (QED) is 0.445. The fourth-order valence-corrected chi connectivity index (χ4v) is 4.60. The number of nitrogens with one attached hydrogen (secondary N) is 1. The lowest BCUT2D eigenvalue weighted by atomic mass is 10.2. The van der Waals surface area contributed by atoms with Crippen molar-refractivity contribution in [1.29, 1.82) is 0 Å². The van der Waals surface area contributed by atoms with Crippen LogP contribution < -0.4 is 10.1 Å². The fourth-order valence-electron chi connectivity index (χ4n) is 3.52. The number of hydrogen-bond acceptors (Lipinski definition) is 6. The van der Waals surface area contributed by atoms with Crippen LogP contribution in [0.1, 0.15) is 19.8 Å². The lowest BCUT2D eigenvalue weighted by Crippen LogP contribution is -2.24. The van der Waals surface area contributed by atoms with E-state index in [0.717, 1.165) is 36.8 Å². The second-order valence-corrected chi connectivity index (χ2v) is 9.37. The van der Waals surface area contributed by atoms with E-state index in [4.69, 9.17) is 21.1 Å². The number of thioether (sulfide) groups is 1. The number of hydrogen-bond donors (Lipinski definition) is 1. The molecule has 10 heteroatoms. The molecule has 0 spiro atoms. The van der Waals surface area contributed by atoms with E-state index in [9.17, 15) is 9.18 Å². The van der Waals surface area contributed by atoms with Crippen LogP contribution in [0.3, 0.4) is 0 Å². The molecule has 1 N–H and O–H groups in total. The Hall–Kier alpha value is -2.62. The largest absolute Gasteiger partial charge is 0.497 e. The Morgan fingerprint density at radius 1 is 1.33 bits per heavy atom. The van der Waals surface area contributed by atoms with Gasteiger partial charge in [-0.3, -0.25) is 9.36 Å². The van der Waals surface area contributed by atoms with E-state index in [0.29, 0.717) is 23.2 Å². The Morgan fingerprint density at radius 2 is 2.12 bits per heavy atom. The topological polar surface area (TPSA) is 78.3 Å². The summed E-state index contributed by atoms with van der Waals surface area (Å²) in [5.74, 6) is 0.716. The number of benzene rings is 2. The minimum absolute atomic E-state index is 0.0690. The van der Waals surface area contributed by atoms with Crippen molar-refractivity contribution in [2.45, 2.75) is 42.8 Å². The lowest BCUT2D eigenvalue weighted by Gasteiger charge is -2.17. The van der Waals surface area contributed by atoms with Gasteiger partial charge in [-0.2, -0.15) is 0 Å². The summed E-state index contributed by atoms with van der Waals surface area (Å²) in [4.78, 5) is 12.8. The molecule has 0 bridgehead atoms. The van der Waals surface area contributed by atoms with Crippen LogP contribution in [-0.2, 0) is 16.1 Å². The van der Waals surface area contributed by atoms with Crippen molar-refractivity contribution in [2.24, 2.45) is 0 Å². The maximum absolute atomic E-state index is 13.3. The van der Waals surface area contributed by atoms with Gasteiger partial charge in [-0.05, 0) is 62.2 Å². The Kier molecular flexibility index (Phi) is 7.52. The van der Waals surface area contributed by atoms with Crippen LogP contribution in [0, 0.1) is 5.82 Å². The molecule has 1 saturated heterocycles. The molecule has 2 atom stereocenters. The fraction of sp³-hybridized carbons (Fsp3) is 0.348. The number of anilines is 1. The van der Waals surface area contributed by atoms with Gasteiger partial charge in [-0.15, -0.1) is 10.2 Å². The molecular formula is C23H24ClFN4O3S. The first-order chi connectivity index (χ1) is 15.9. The molecule has 0 unspecified atom stereocenters. The van der Waals surface area contributed by atoms with Crippen molar-refractivity contribution in [3.8, 4) is 17.1 Å². The highest BCUT2D eigenvalue weighted by atomic mass is 35.5. The molecule has 3 aromatic rings. The molecule has 1 aliphatic rings. The number of nitrogens with zero attached hydrogens (tertiary/aromatic N) is 3. The molecule has 1 fully saturated rings. The molecule has 7 nitrogen and oxygen atoms in total. The summed E-state index contributed by atoms with van der Waals surface area (Å²) in [6.07, 6.45) is 2.05. The van der Waals surface area contributed by atoms with Crippen molar-refractivity contribution < 1.29 is 18.7 Å². The summed E-state index contributed by atoms with van der Waals surface area (Å²) < 4.78 is 26.4. The number of rotatable bonds is 8. The highest BCUT2D eigenvalue weighted by molar-refractivity contribution is 8.00. The molecule has 2 aromatic carbocycles. The smallest absolute Gasteiger partial charge is 0.237 e. The lowest BCUT2D eigenvalue weighted by molar-refractivity contribution is -0.115. The molecule has 4 rings (SSSR count). The van der Waals surface area contributed by atoms with E-state index < -0.39 is 11.1 Å². The van der Waals surface area contributed by atoms with Crippen LogP contribution in [0.4, 0.5) is 10.1 Å². The average molecular weight is 491 g/mol. The van der Waals surface area contributed by atoms with Crippen LogP contribution in [0.2, 0.25) is 5.02 Å². The van der Waals surface area contributed by atoms with E-state index in [1.807, 2.05) is 28.8 Å². The first-order valence-electron chi connectivity index (χ1n) is 10.6. The molecule has 0 radical (unpaired) electrons. The van der Waals surface area contributed by atoms with Gasteiger partial charge in [-0.25, -0.2) is 4.39 Å². The molecule has 33 heavy (non-hydrogen) atoms. The highest BCUT2D eigenvalue weighted by Gasteiger charge is 2.25. The number of halogens is 2. The molecule has 0 aliphatic carbocycles. The van der Waals surface area contributed by atoms with Gasteiger partial charge in [0.25, 0.3) is 0 Å². The molecule has 1 amide bonds. The number of amides is 1. The third kappa shape index (κ3) is 5.66. The Bertz CT molecular complexity index is 1120. The number of methoxy groups -OCH3 is 1. The average Bonchev–Trinajstić information content (AvgIpc) is 3.46. The summed E-state index contributed by atoms with van der Waals surface area (Å²) in [6, 6.07) is 11.4. The zero-order valence-corrected chi connectivity index (χ0v) is 19.8. The van der Waals surface area contributed by atoms with Gasteiger partial charge in [0.2, 0.25) is 5.91 Å². The van der Waals surface area contributed by atoms with Crippen molar-refractivity contribution >= 4 is 35.0 Å². The monoisotopic (exact) mass is 490 g/mol. The normalized spacial score (nSPS) is 16.5. The van der Waals surface area contributed by atoms with Crippen molar-refractivity contribution in [1.82, 2.24) is 14.8 Å². The summed E-state index contributed by atoms with van der Waals surface area (Å²) in [5.41, 5.74) is 1.25. The van der Waals surface area contributed by atoms with Gasteiger partial charge in [0, 0.05) is 12.2 Å². The number of carbonyl (C=O) groups excluding carboxylic acids is 1. The highest BCUT2D eigenvalue weighted by Crippen LogP contribution is 2.31. The first kappa shape index (κ1) is 23.5. The summed E-state index contributed by atoms with van der Waals surface area (Å²) in [6.45, 7) is 3.11. The molecule has 2 heterocycles. The number of aromatic nitrogens is 3. The molecule has 1 aromatic heterocycles. The summed E-state index contributed by atoms with van der Waals surface area (Å²) in [7, 11) is 1.62. The number of ether oxygens (including phenoxy) is 2. The minimum Gasteiger partial charge on any atom is -0.497 e. The zero-order chi connectivity index (χ0) is 23.4. The van der Waals surface area contributed by atoms with Crippen molar-refractivity contribution in [3.63, 3.8) is 0 Å². The Labute approximate surface area is 200 Å². The van der Waals surface area contributed by atoms with E-state index in [-0.39, 0.29) is 17.0 Å². The molecule has 1 aliphatic heterocycles. The summed E-state index contributed by atoms with van der Waals surface area (Å²) in [5, 5.41) is 11.8. The van der Waals surface area contributed by atoms with Crippen LogP contribution >= 0.6 is 23.4 Å². The van der Waals surface area contributed by atoms with E-state index in [2.05, 4.69) is 15.5 Å². The van der Waals surface area contributed by atoms with Crippen LogP contribution in [0.5, 0.6) is 5.75 Å². The molecular weight excluding hydrogens is 467 g/mol. The zero-order valence-electron chi connectivity index (χ0n) is 18.3. The van der Waals surface area contributed by atoms with Gasteiger partial charge in [0.1, 0.15) is 11.6 Å². The maximum Gasteiger partial charge on any atom is 0.237 e. The maximum atomic E-state index is 13.3.